The van der Waals surface area contributed by atoms with Crippen molar-refractivity contribution in [1.29, 1.82) is 0 Å². The Morgan fingerprint density at radius 1 is 1.40 bits per heavy atom. The molecule has 0 N–H and O–H groups in total. The number of hydrogen-bond acceptors (Lipinski definition) is 4. The van der Waals surface area contributed by atoms with Crippen LogP contribution in [0.3, 0.4) is 0 Å². The molecule has 0 aliphatic heterocycles. The smallest absolute Gasteiger partial charge is 0.260 e. The number of carbonyl (C=O) groups is 1. The predicted octanol–water partition coefficient (Wildman–Crippen LogP) is 2.12. The molecule has 2 rings (SSSR count). The van der Waals surface area contributed by atoms with Crippen LogP contribution in [-0.4, -0.2) is 30.5 Å². The Bertz CT molecular complexity index is 517. The first kappa shape index (κ1) is 14.6. The first-order valence-corrected chi connectivity index (χ1v) is 7.06. The zero-order valence-corrected chi connectivity index (χ0v) is 12.1. The van der Waals surface area contributed by atoms with Gasteiger partial charge in [0.25, 0.3) is 5.91 Å². The molecule has 1 aromatic heterocycles. The molecule has 1 aliphatic carbocycles. The van der Waals surface area contributed by atoms with Gasteiger partial charge in [0, 0.05) is 19.2 Å². The maximum Gasteiger partial charge on any atom is 0.260 e. The van der Waals surface area contributed by atoms with E-state index >= 15 is 0 Å². The highest BCUT2D eigenvalue weighted by Crippen LogP contribution is 2.21. The highest BCUT2D eigenvalue weighted by molar-refractivity contribution is 5.77. The lowest BCUT2D eigenvalue weighted by molar-refractivity contribution is -0.134. The van der Waals surface area contributed by atoms with Crippen LogP contribution in [0.5, 0.6) is 5.75 Å². The molecule has 5 nitrogen and oxygen atoms in total. The van der Waals surface area contributed by atoms with E-state index in [1.54, 1.807) is 11.8 Å². The van der Waals surface area contributed by atoms with Crippen molar-refractivity contribution in [2.75, 3.05) is 13.7 Å². The fourth-order valence-electron chi connectivity index (χ4n) is 2.58. The van der Waals surface area contributed by atoms with Gasteiger partial charge in [0.05, 0.1) is 6.26 Å². The maximum atomic E-state index is 12.1. The Kier molecular flexibility index (Phi) is 4.82. The van der Waals surface area contributed by atoms with E-state index in [0.717, 1.165) is 12.8 Å². The Morgan fingerprint density at radius 3 is 2.75 bits per heavy atom. The Balaban J connectivity index is 1.93. The van der Waals surface area contributed by atoms with Crippen LogP contribution in [0.2, 0.25) is 0 Å². The molecule has 0 aromatic carbocycles. The second-order valence-electron chi connectivity index (χ2n) is 5.26. The van der Waals surface area contributed by atoms with E-state index in [4.69, 9.17) is 9.15 Å². The third-order valence-corrected chi connectivity index (χ3v) is 3.86. The molecule has 0 saturated heterocycles. The first-order valence-electron chi connectivity index (χ1n) is 7.06. The summed E-state index contributed by atoms with van der Waals surface area (Å²) in [5.74, 6) is 0.420. The molecule has 110 valence electrons. The lowest BCUT2D eigenvalue weighted by Gasteiger charge is -2.31. The van der Waals surface area contributed by atoms with Crippen LogP contribution in [0.25, 0.3) is 0 Å². The van der Waals surface area contributed by atoms with Crippen LogP contribution < -0.4 is 10.2 Å². The van der Waals surface area contributed by atoms with Crippen molar-refractivity contribution < 1.29 is 13.9 Å². The highest BCUT2D eigenvalue weighted by atomic mass is 16.5. The number of ether oxygens (including phenoxy) is 1. The summed E-state index contributed by atoms with van der Waals surface area (Å²) in [4.78, 5) is 25.5. The van der Waals surface area contributed by atoms with Crippen molar-refractivity contribution in [2.24, 2.45) is 0 Å². The van der Waals surface area contributed by atoms with Crippen LogP contribution in [0.4, 0.5) is 0 Å². The van der Waals surface area contributed by atoms with Gasteiger partial charge in [-0.3, -0.25) is 9.59 Å². The van der Waals surface area contributed by atoms with E-state index in [0.29, 0.717) is 11.8 Å². The number of nitrogens with zero attached hydrogens (tertiary/aromatic N) is 1. The molecule has 1 fully saturated rings. The fourth-order valence-corrected chi connectivity index (χ4v) is 2.58. The number of aryl methyl sites for hydroxylation is 1. The summed E-state index contributed by atoms with van der Waals surface area (Å²) in [6.45, 7) is 1.52. The first-order chi connectivity index (χ1) is 9.59. The molecule has 1 aromatic rings. The number of rotatable bonds is 4. The molecule has 0 unspecified atom stereocenters. The molecule has 0 bridgehead atoms. The zero-order valence-electron chi connectivity index (χ0n) is 12.1. The van der Waals surface area contributed by atoms with E-state index < -0.39 is 0 Å². The average Bonchev–Trinajstić information content (AvgIpc) is 2.46. The molecule has 1 aliphatic rings. The van der Waals surface area contributed by atoms with Crippen LogP contribution in [0.15, 0.2) is 21.5 Å². The molecule has 0 radical (unpaired) electrons. The second-order valence-corrected chi connectivity index (χ2v) is 5.26. The minimum absolute atomic E-state index is 0.0976. The number of hydrogen-bond donors (Lipinski definition) is 0. The van der Waals surface area contributed by atoms with Gasteiger partial charge in [-0.05, 0) is 19.8 Å². The summed E-state index contributed by atoms with van der Waals surface area (Å²) < 4.78 is 10.4. The van der Waals surface area contributed by atoms with Crippen LogP contribution in [0, 0.1) is 6.92 Å². The molecule has 0 spiro atoms. The molecular formula is C15H21NO4. The van der Waals surface area contributed by atoms with Crippen molar-refractivity contribution in [2.45, 2.75) is 45.1 Å². The van der Waals surface area contributed by atoms with E-state index in [-0.39, 0.29) is 23.7 Å². The minimum atomic E-state index is -0.262. The molecule has 20 heavy (non-hydrogen) atoms. The predicted molar refractivity (Wildman–Crippen MR) is 74.9 cm³/mol. The lowest BCUT2D eigenvalue weighted by atomic mass is 9.94. The topological polar surface area (TPSA) is 59.8 Å². The quantitative estimate of drug-likeness (QED) is 0.847. The minimum Gasteiger partial charge on any atom is -0.476 e. The van der Waals surface area contributed by atoms with Gasteiger partial charge < -0.3 is 14.1 Å². The largest absolute Gasteiger partial charge is 0.476 e. The number of likely N-dealkylation sites (N-methyl/N-ethyl adjacent to an activating group) is 1. The van der Waals surface area contributed by atoms with Gasteiger partial charge in [0.2, 0.25) is 11.2 Å². The van der Waals surface area contributed by atoms with Crippen LogP contribution in [0.1, 0.15) is 37.9 Å². The summed E-state index contributed by atoms with van der Waals surface area (Å²) in [5, 5.41) is 0. The molecule has 1 saturated carbocycles. The Hall–Kier alpha value is -1.78. The Labute approximate surface area is 118 Å². The maximum absolute atomic E-state index is 12.1. The van der Waals surface area contributed by atoms with Gasteiger partial charge in [0.15, 0.2) is 6.61 Å². The van der Waals surface area contributed by atoms with Gasteiger partial charge in [-0.1, -0.05) is 19.3 Å². The van der Waals surface area contributed by atoms with E-state index in [1.807, 2.05) is 7.05 Å². The van der Waals surface area contributed by atoms with Crippen LogP contribution >= 0.6 is 0 Å². The van der Waals surface area contributed by atoms with Crippen molar-refractivity contribution in [3.63, 3.8) is 0 Å². The summed E-state index contributed by atoms with van der Waals surface area (Å²) in [6.07, 6.45) is 7.01. The zero-order chi connectivity index (χ0) is 14.5. The van der Waals surface area contributed by atoms with Crippen molar-refractivity contribution >= 4 is 5.91 Å². The van der Waals surface area contributed by atoms with Gasteiger partial charge in [-0.15, -0.1) is 0 Å². The second kappa shape index (κ2) is 6.59. The van der Waals surface area contributed by atoms with E-state index in [2.05, 4.69) is 0 Å². The molecular weight excluding hydrogens is 258 g/mol. The van der Waals surface area contributed by atoms with E-state index in [1.165, 1.54) is 31.6 Å². The monoisotopic (exact) mass is 279 g/mol. The van der Waals surface area contributed by atoms with Crippen molar-refractivity contribution in [1.82, 2.24) is 4.90 Å². The summed E-state index contributed by atoms with van der Waals surface area (Å²) in [5.41, 5.74) is -0.262. The number of amides is 1. The van der Waals surface area contributed by atoms with Crippen LogP contribution in [-0.2, 0) is 4.79 Å². The fraction of sp³-hybridized carbons (Fsp3) is 0.600. The van der Waals surface area contributed by atoms with Gasteiger partial charge >= 0.3 is 0 Å². The normalized spacial score (nSPS) is 15.9. The van der Waals surface area contributed by atoms with Gasteiger partial charge in [-0.2, -0.15) is 0 Å². The summed E-state index contributed by atoms with van der Waals surface area (Å²) >= 11 is 0. The molecule has 0 atom stereocenters. The molecule has 1 heterocycles. The van der Waals surface area contributed by atoms with Crippen molar-refractivity contribution in [3.05, 3.63) is 28.3 Å². The summed E-state index contributed by atoms with van der Waals surface area (Å²) in [7, 11) is 1.81. The van der Waals surface area contributed by atoms with Crippen molar-refractivity contribution in [3.8, 4) is 5.75 Å². The SMILES string of the molecule is Cc1occc(=O)c1OCC(=O)N(C)C1CCCCC1. The standard InChI is InChI=1S/C15H21NO4/c1-11-15(13(17)8-9-19-11)20-10-14(18)16(2)12-6-4-3-5-7-12/h8-9,12H,3-7,10H2,1-2H3. The van der Waals surface area contributed by atoms with E-state index in [9.17, 15) is 9.59 Å². The van der Waals surface area contributed by atoms with Gasteiger partial charge in [0.1, 0.15) is 5.76 Å². The lowest BCUT2D eigenvalue weighted by Crippen LogP contribution is -2.41. The van der Waals surface area contributed by atoms with Gasteiger partial charge in [-0.25, -0.2) is 0 Å². The highest BCUT2D eigenvalue weighted by Gasteiger charge is 2.22. The average molecular weight is 279 g/mol. The Morgan fingerprint density at radius 2 is 2.10 bits per heavy atom. The molecule has 1 amide bonds. The third kappa shape index (κ3) is 3.40. The third-order valence-electron chi connectivity index (χ3n) is 3.86. The molecule has 5 heteroatoms. The summed E-state index contributed by atoms with van der Waals surface area (Å²) in [6, 6.07) is 1.59. The number of carbonyl (C=O) groups excluding carboxylic acids is 1.